The van der Waals surface area contributed by atoms with Gasteiger partial charge in [0.05, 0.1) is 6.42 Å². The van der Waals surface area contributed by atoms with Crippen molar-refractivity contribution in [2.45, 2.75) is 31.2 Å². The van der Waals surface area contributed by atoms with Crippen molar-refractivity contribution in [2.75, 3.05) is 26.2 Å². The summed E-state index contributed by atoms with van der Waals surface area (Å²) in [7, 11) is 0. The number of carbonyl (C=O) groups is 3. The van der Waals surface area contributed by atoms with Gasteiger partial charge >= 0.3 is 0 Å². The van der Waals surface area contributed by atoms with Gasteiger partial charge in [-0.3, -0.25) is 19.3 Å². The van der Waals surface area contributed by atoms with E-state index in [2.05, 4.69) is 10.2 Å². The van der Waals surface area contributed by atoms with E-state index in [0.29, 0.717) is 31.7 Å². The lowest BCUT2D eigenvalue weighted by atomic mass is 10.0. The first kappa shape index (κ1) is 24.4. The third-order valence-corrected chi connectivity index (χ3v) is 5.63. The molecule has 2 aromatic rings. The molecule has 5 N–H and O–H groups in total. The number of aliphatic hydroxyl groups is 2. The molecule has 33 heavy (non-hydrogen) atoms. The monoisotopic (exact) mass is 454 g/mol. The van der Waals surface area contributed by atoms with Crippen LogP contribution in [0.5, 0.6) is 0 Å². The van der Waals surface area contributed by atoms with E-state index in [0.717, 1.165) is 12.1 Å². The summed E-state index contributed by atoms with van der Waals surface area (Å²) < 4.78 is 0. The van der Waals surface area contributed by atoms with Gasteiger partial charge in [0.25, 0.3) is 5.91 Å². The van der Waals surface area contributed by atoms with Gasteiger partial charge in [0.2, 0.25) is 17.5 Å². The van der Waals surface area contributed by atoms with Gasteiger partial charge in [0.15, 0.2) is 0 Å². The highest BCUT2D eigenvalue weighted by molar-refractivity contribution is 5.91. The van der Waals surface area contributed by atoms with E-state index >= 15 is 0 Å². The Morgan fingerprint density at radius 2 is 1.48 bits per heavy atom. The lowest BCUT2D eigenvalue weighted by molar-refractivity contribution is -0.165. The number of aliphatic hydroxyl groups excluding tert-OH is 1. The van der Waals surface area contributed by atoms with E-state index < -0.39 is 36.0 Å². The van der Waals surface area contributed by atoms with E-state index in [1.807, 2.05) is 36.4 Å². The molecule has 1 fully saturated rings. The van der Waals surface area contributed by atoms with Crippen LogP contribution in [0.25, 0.3) is 0 Å². The molecule has 2 atom stereocenters. The first-order valence-electron chi connectivity index (χ1n) is 10.9. The van der Waals surface area contributed by atoms with Crippen LogP contribution in [0.4, 0.5) is 0 Å². The normalized spacial score (nSPS) is 17.1. The van der Waals surface area contributed by atoms with Crippen molar-refractivity contribution in [1.29, 1.82) is 0 Å². The minimum absolute atomic E-state index is 0.0754. The summed E-state index contributed by atoms with van der Waals surface area (Å²) in [6.45, 7) is 2.55. The molecule has 1 aliphatic heterocycles. The number of carbonyl (C=O) groups excluding carboxylic acids is 3. The maximum atomic E-state index is 13.2. The number of hydrogen-bond acceptors (Lipinski definition) is 6. The first-order valence-corrected chi connectivity index (χ1v) is 10.9. The number of primary amides is 1. The predicted octanol–water partition coefficient (Wildman–Crippen LogP) is -0.385. The molecule has 0 aromatic heterocycles. The number of nitrogens with one attached hydrogen (secondary N) is 1. The summed E-state index contributed by atoms with van der Waals surface area (Å²) >= 11 is 0. The van der Waals surface area contributed by atoms with Gasteiger partial charge in [-0.05, 0) is 11.1 Å². The number of piperazine rings is 1. The average molecular weight is 455 g/mol. The molecule has 9 nitrogen and oxygen atoms in total. The minimum atomic E-state index is -2.46. The molecular weight excluding hydrogens is 424 g/mol. The van der Waals surface area contributed by atoms with E-state index in [1.54, 1.807) is 24.3 Å². The summed E-state index contributed by atoms with van der Waals surface area (Å²) in [6, 6.07) is 18.8. The summed E-state index contributed by atoms with van der Waals surface area (Å²) in [4.78, 5) is 40.8. The molecule has 3 rings (SSSR count). The zero-order valence-electron chi connectivity index (χ0n) is 18.4. The second-order valence-corrected chi connectivity index (χ2v) is 8.25. The quantitative estimate of drug-likeness (QED) is 0.381. The fourth-order valence-electron chi connectivity index (χ4n) is 3.84. The number of amides is 3. The molecular formula is C24H30N4O5. The highest BCUT2D eigenvalue weighted by Gasteiger charge is 2.44. The highest BCUT2D eigenvalue weighted by Crippen LogP contribution is 2.18. The predicted molar refractivity (Wildman–Crippen MR) is 121 cm³/mol. The van der Waals surface area contributed by atoms with Crippen LogP contribution in [-0.2, 0) is 27.3 Å². The van der Waals surface area contributed by atoms with Crippen LogP contribution in [0.2, 0.25) is 0 Å². The molecule has 1 aliphatic rings. The summed E-state index contributed by atoms with van der Waals surface area (Å²) in [5.74, 6) is -2.48. The smallest absolute Gasteiger partial charge is 0.275 e. The highest BCUT2D eigenvalue weighted by atomic mass is 16.3. The van der Waals surface area contributed by atoms with E-state index in [9.17, 15) is 24.6 Å². The number of rotatable bonds is 9. The fraction of sp³-hybridized carbons (Fsp3) is 0.375. The Balaban J connectivity index is 1.65. The molecule has 1 heterocycles. The van der Waals surface area contributed by atoms with Crippen LogP contribution in [-0.4, -0.2) is 75.7 Å². The van der Waals surface area contributed by atoms with Gasteiger partial charge in [-0.2, -0.15) is 0 Å². The Morgan fingerprint density at radius 1 is 0.939 bits per heavy atom. The van der Waals surface area contributed by atoms with Crippen molar-refractivity contribution in [3.8, 4) is 0 Å². The van der Waals surface area contributed by atoms with Crippen molar-refractivity contribution in [3.05, 3.63) is 71.8 Å². The average Bonchev–Trinajstić information content (AvgIpc) is 2.80. The number of nitrogens with zero attached hydrogens (tertiary/aromatic N) is 2. The Hall–Kier alpha value is -3.27. The third kappa shape index (κ3) is 6.85. The van der Waals surface area contributed by atoms with Gasteiger partial charge in [-0.15, -0.1) is 0 Å². The largest absolute Gasteiger partial charge is 0.383 e. The van der Waals surface area contributed by atoms with Gasteiger partial charge in [0, 0.05) is 39.1 Å². The fourth-order valence-corrected chi connectivity index (χ4v) is 3.84. The van der Waals surface area contributed by atoms with Gasteiger partial charge in [0.1, 0.15) is 6.10 Å². The Bertz CT molecular complexity index is 948. The number of benzene rings is 2. The zero-order chi connectivity index (χ0) is 23.8. The molecule has 3 amide bonds. The molecule has 0 bridgehead atoms. The van der Waals surface area contributed by atoms with Crippen LogP contribution in [0.15, 0.2) is 60.7 Å². The molecule has 0 saturated carbocycles. The van der Waals surface area contributed by atoms with Gasteiger partial charge < -0.3 is 26.2 Å². The van der Waals surface area contributed by atoms with Crippen molar-refractivity contribution >= 4 is 17.7 Å². The van der Waals surface area contributed by atoms with Crippen molar-refractivity contribution in [1.82, 2.24) is 15.1 Å². The van der Waals surface area contributed by atoms with Crippen molar-refractivity contribution in [2.24, 2.45) is 5.73 Å². The van der Waals surface area contributed by atoms with Crippen LogP contribution in [0, 0.1) is 0 Å². The molecule has 2 aromatic carbocycles. The van der Waals surface area contributed by atoms with E-state index in [1.165, 1.54) is 4.90 Å². The molecule has 1 unspecified atom stereocenters. The van der Waals surface area contributed by atoms with Gasteiger partial charge in [-0.1, -0.05) is 60.7 Å². The molecule has 9 heteroatoms. The number of nitrogens with two attached hydrogens (primary N) is 1. The van der Waals surface area contributed by atoms with Gasteiger partial charge in [-0.25, -0.2) is 0 Å². The second kappa shape index (κ2) is 11.0. The molecule has 1 saturated heterocycles. The van der Waals surface area contributed by atoms with Crippen LogP contribution >= 0.6 is 0 Å². The standard InChI is InChI=1S/C24H30N4O5/c25-22(31)20(29)16-24(33,26-21(30)15-18-7-3-1-4-8-18)23(32)28-13-11-27(12-14-28)17-19-9-5-2-6-10-19/h1-10,20,29,33H,11-17H2,(H2,25,31)(H,26,30)/t20?,24-/m1/s1. The first-order chi connectivity index (χ1) is 15.8. The summed E-state index contributed by atoms with van der Waals surface area (Å²) in [5.41, 5.74) is 4.52. The van der Waals surface area contributed by atoms with Crippen molar-refractivity contribution in [3.63, 3.8) is 0 Å². The SMILES string of the molecule is NC(=O)C(O)C[C@](O)(NC(=O)Cc1ccccc1)C(=O)N1CCN(Cc2ccccc2)CC1. The van der Waals surface area contributed by atoms with Crippen LogP contribution < -0.4 is 11.1 Å². The number of hydrogen-bond donors (Lipinski definition) is 4. The molecule has 0 radical (unpaired) electrons. The summed E-state index contributed by atoms with van der Waals surface area (Å²) in [6.07, 6.45) is -2.60. The lowest BCUT2D eigenvalue weighted by Crippen LogP contribution is -2.64. The minimum Gasteiger partial charge on any atom is -0.383 e. The Morgan fingerprint density at radius 3 is 2.03 bits per heavy atom. The van der Waals surface area contributed by atoms with E-state index in [-0.39, 0.29) is 6.42 Å². The molecule has 0 spiro atoms. The maximum Gasteiger partial charge on any atom is 0.275 e. The Kier molecular flexibility index (Phi) is 8.16. The Labute approximate surface area is 192 Å². The van der Waals surface area contributed by atoms with Crippen molar-refractivity contribution < 1.29 is 24.6 Å². The summed E-state index contributed by atoms with van der Waals surface area (Å²) in [5, 5.41) is 23.4. The molecule has 176 valence electrons. The third-order valence-electron chi connectivity index (χ3n) is 5.63. The second-order valence-electron chi connectivity index (χ2n) is 8.25. The lowest BCUT2D eigenvalue weighted by Gasteiger charge is -2.39. The van der Waals surface area contributed by atoms with E-state index in [4.69, 9.17) is 5.73 Å². The molecule has 0 aliphatic carbocycles. The zero-order valence-corrected chi connectivity index (χ0v) is 18.4. The van der Waals surface area contributed by atoms with Crippen LogP contribution in [0.1, 0.15) is 17.5 Å². The maximum absolute atomic E-state index is 13.2. The topological polar surface area (TPSA) is 136 Å². The van der Waals surface area contributed by atoms with Crippen LogP contribution in [0.3, 0.4) is 0 Å².